The second-order valence-electron chi connectivity index (χ2n) is 5.88. The number of hydrogen-bond donors (Lipinski definition) is 1. The first kappa shape index (κ1) is 19.5. The van der Waals surface area contributed by atoms with Crippen LogP contribution in [0.2, 0.25) is 0 Å². The summed E-state index contributed by atoms with van der Waals surface area (Å²) in [5, 5.41) is 18.2. The van der Waals surface area contributed by atoms with Crippen molar-refractivity contribution in [3.05, 3.63) is 35.5 Å². The zero-order valence-electron chi connectivity index (χ0n) is 15.2. The molecule has 0 spiro atoms. The molecule has 0 fully saturated rings. The van der Waals surface area contributed by atoms with Crippen LogP contribution in [0.25, 0.3) is 11.4 Å². The quantitative estimate of drug-likeness (QED) is 0.453. The Morgan fingerprint density at radius 3 is 2.50 bits per heavy atom. The summed E-state index contributed by atoms with van der Waals surface area (Å²) in [5.74, 6) is 1.23. The molecule has 0 aliphatic rings. The van der Waals surface area contributed by atoms with Crippen LogP contribution >= 0.6 is 11.8 Å². The summed E-state index contributed by atoms with van der Waals surface area (Å²) in [6.07, 6.45) is 0. The summed E-state index contributed by atoms with van der Waals surface area (Å²) in [5.41, 5.74) is 6.70. The van der Waals surface area contributed by atoms with Crippen molar-refractivity contribution in [2.24, 2.45) is 5.73 Å². The first-order chi connectivity index (χ1) is 12.4. The molecule has 0 amide bonds. The van der Waals surface area contributed by atoms with E-state index in [0.29, 0.717) is 11.0 Å². The molecule has 0 aliphatic heterocycles. The van der Waals surface area contributed by atoms with Crippen LogP contribution in [0, 0.1) is 11.3 Å². The number of nitrogens with zero attached hydrogens (tertiary/aromatic N) is 4. The molecular weight excluding hydrogens is 350 g/mol. The van der Waals surface area contributed by atoms with Crippen molar-refractivity contribution in [2.45, 2.75) is 32.0 Å². The molecule has 1 aromatic heterocycles. The molecule has 0 atom stereocenters. The van der Waals surface area contributed by atoms with E-state index in [4.69, 9.17) is 15.7 Å². The standard InChI is InChI=1S/C18H21N5O2S/c1-11(2)23-17(13-5-7-14(25-4)8-6-13)21-22-18(23)26-10-16(24)15(9-19)12(3)20/h5-8,11H,10,20H2,1-4H3. The Balaban J connectivity index is 2.28. The van der Waals surface area contributed by atoms with Gasteiger partial charge in [0.15, 0.2) is 16.8 Å². The average molecular weight is 371 g/mol. The van der Waals surface area contributed by atoms with Gasteiger partial charge in [0, 0.05) is 17.3 Å². The van der Waals surface area contributed by atoms with Crippen molar-refractivity contribution in [3.63, 3.8) is 0 Å². The van der Waals surface area contributed by atoms with Gasteiger partial charge in [0.1, 0.15) is 17.4 Å². The van der Waals surface area contributed by atoms with Gasteiger partial charge in [-0.1, -0.05) is 11.8 Å². The molecule has 2 aromatic rings. The molecule has 0 saturated heterocycles. The molecule has 26 heavy (non-hydrogen) atoms. The lowest BCUT2D eigenvalue weighted by Crippen LogP contribution is -2.11. The van der Waals surface area contributed by atoms with Gasteiger partial charge in [0.05, 0.1) is 12.9 Å². The number of carbonyl (C=O) groups is 1. The Hall–Kier alpha value is -2.79. The second-order valence-corrected chi connectivity index (χ2v) is 6.82. The topological polar surface area (TPSA) is 107 Å². The van der Waals surface area contributed by atoms with E-state index in [1.165, 1.54) is 11.8 Å². The Kier molecular flexibility index (Phi) is 6.41. The highest BCUT2D eigenvalue weighted by Gasteiger charge is 2.19. The number of ketones is 1. The smallest absolute Gasteiger partial charge is 0.192 e. The molecule has 136 valence electrons. The number of Topliss-reactive ketones (excluding diaryl/α,β-unsaturated/α-hetero) is 1. The van der Waals surface area contributed by atoms with Crippen LogP contribution in [0.1, 0.15) is 26.8 Å². The lowest BCUT2D eigenvalue weighted by Gasteiger charge is -2.13. The van der Waals surface area contributed by atoms with Gasteiger partial charge in [0.25, 0.3) is 0 Å². The summed E-state index contributed by atoms with van der Waals surface area (Å²) < 4.78 is 7.14. The number of nitrogens with two attached hydrogens (primary N) is 1. The van der Waals surface area contributed by atoms with E-state index in [9.17, 15) is 4.79 Å². The number of hydrogen-bond acceptors (Lipinski definition) is 7. The van der Waals surface area contributed by atoms with Crippen LogP contribution in [0.5, 0.6) is 5.75 Å². The Labute approximate surface area is 156 Å². The predicted molar refractivity (Wildman–Crippen MR) is 101 cm³/mol. The molecule has 0 aliphatic carbocycles. The van der Waals surface area contributed by atoms with Crippen LogP contribution < -0.4 is 10.5 Å². The van der Waals surface area contributed by atoms with Crippen molar-refractivity contribution in [3.8, 4) is 23.2 Å². The Morgan fingerprint density at radius 2 is 2.00 bits per heavy atom. The van der Waals surface area contributed by atoms with E-state index in [1.807, 2.05) is 48.7 Å². The molecule has 0 saturated carbocycles. The minimum absolute atomic E-state index is 0.0107. The first-order valence-corrected chi connectivity index (χ1v) is 8.99. The van der Waals surface area contributed by atoms with Gasteiger partial charge in [-0.05, 0) is 45.0 Å². The van der Waals surface area contributed by atoms with Gasteiger partial charge in [-0.3, -0.25) is 9.36 Å². The minimum Gasteiger partial charge on any atom is -0.497 e. The SMILES string of the molecule is COc1ccc(-c2nnc(SCC(=O)C(C#N)=C(C)N)n2C(C)C)cc1. The molecule has 0 radical (unpaired) electrons. The molecule has 1 heterocycles. The number of ether oxygens (including phenoxy) is 1. The van der Waals surface area contributed by atoms with Crippen LogP contribution in [-0.2, 0) is 4.79 Å². The van der Waals surface area contributed by atoms with Crippen molar-refractivity contribution in [2.75, 3.05) is 12.9 Å². The normalized spacial score (nSPS) is 11.8. The third kappa shape index (κ3) is 4.24. The van der Waals surface area contributed by atoms with Gasteiger partial charge in [-0.15, -0.1) is 10.2 Å². The molecule has 0 unspecified atom stereocenters. The average Bonchev–Trinajstić information content (AvgIpc) is 3.04. The number of nitriles is 1. The van der Waals surface area contributed by atoms with Crippen molar-refractivity contribution in [1.29, 1.82) is 5.26 Å². The maximum absolute atomic E-state index is 12.2. The van der Waals surface area contributed by atoms with Gasteiger partial charge >= 0.3 is 0 Å². The highest BCUT2D eigenvalue weighted by molar-refractivity contribution is 7.99. The van der Waals surface area contributed by atoms with E-state index in [2.05, 4.69) is 10.2 Å². The zero-order valence-corrected chi connectivity index (χ0v) is 16.0. The molecule has 7 nitrogen and oxygen atoms in total. The predicted octanol–water partition coefficient (Wildman–Crippen LogP) is 2.95. The molecule has 2 N–H and O–H groups in total. The van der Waals surface area contributed by atoms with Crippen molar-refractivity contribution < 1.29 is 9.53 Å². The molecule has 1 aromatic carbocycles. The van der Waals surface area contributed by atoms with Crippen LogP contribution in [-0.4, -0.2) is 33.4 Å². The summed E-state index contributed by atoms with van der Waals surface area (Å²) in [4.78, 5) is 12.2. The van der Waals surface area contributed by atoms with Crippen LogP contribution in [0.15, 0.2) is 40.7 Å². The van der Waals surface area contributed by atoms with Crippen LogP contribution in [0.4, 0.5) is 0 Å². The maximum atomic E-state index is 12.2. The monoisotopic (exact) mass is 371 g/mol. The van der Waals surface area contributed by atoms with Gasteiger partial charge in [0.2, 0.25) is 0 Å². The second kappa shape index (κ2) is 8.54. The molecule has 8 heteroatoms. The summed E-state index contributed by atoms with van der Waals surface area (Å²) in [7, 11) is 1.62. The van der Waals surface area contributed by atoms with Crippen LogP contribution in [0.3, 0.4) is 0 Å². The number of carbonyl (C=O) groups excluding carboxylic acids is 1. The van der Waals surface area contributed by atoms with Crippen molar-refractivity contribution in [1.82, 2.24) is 14.8 Å². The third-order valence-corrected chi connectivity index (χ3v) is 4.59. The van der Waals surface area contributed by atoms with Gasteiger partial charge in [-0.2, -0.15) is 5.26 Å². The Bertz CT molecular complexity index is 859. The first-order valence-electron chi connectivity index (χ1n) is 8.00. The lowest BCUT2D eigenvalue weighted by molar-refractivity contribution is -0.112. The third-order valence-electron chi connectivity index (χ3n) is 3.65. The highest BCUT2D eigenvalue weighted by atomic mass is 32.2. The summed E-state index contributed by atoms with van der Waals surface area (Å²) >= 11 is 1.24. The Morgan fingerprint density at radius 1 is 1.35 bits per heavy atom. The van der Waals surface area contributed by atoms with E-state index in [0.717, 1.165) is 11.3 Å². The number of methoxy groups -OCH3 is 1. The number of allylic oxidation sites excluding steroid dienone is 2. The fourth-order valence-electron chi connectivity index (χ4n) is 2.35. The van der Waals surface area contributed by atoms with Gasteiger partial charge in [-0.25, -0.2) is 0 Å². The summed E-state index contributed by atoms with van der Waals surface area (Å²) in [6.45, 7) is 5.58. The highest BCUT2D eigenvalue weighted by Crippen LogP contribution is 2.29. The fraction of sp³-hybridized carbons (Fsp3) is 0.333. The lowest BCUT2D eigenvalue weighted by atomic mass is 10.2. The number of thioether (sulfide) groups is 1. The number of aromatic nitrogens is 3. The largest absolute Gasteiger partial charge is 0.497 e. The molecule has 2 rings (SSSR count). The van der Waals surface area contributed by atoms with Gasteiger partial charge < -0.3 is 10.5 Å². The zero-order chi connectivity index (χ0) is 19.3. The van der Waals surface area contributed by atoms with E-state index in [-0.39, 0.29) is 28.8 Å². The molecular formula is C18H21N5O2S. The van der Waals surface area contributed by atoms with E-state index in [1.54, 1.807) is 14.0 Å². The maximum Gasteiger partial charge on any atom is 0.192 e. The van der Waals surface area contributed by atoms with Crippen molar-refractivity contribution >= 4 is 17.5 Å². The summed E-state index contributed by atoms with van der Waals surface area (Å²) in [6, 6.07) is 9.50. The van der Waals surface area contributed by atoms with E-state index < -0.39 is 0 Å². The minimum atomic E-state index is -0.318. The number of benzene rings is 1. The molecule has 0 bridgehead atoms. The van der Waals surface area contributed by atoms with E-state index >= 15 is 0 Å². The fourth-order valence-corrected chi connectivity index (χ4v) is 3.29. The number of rotatable bonds is 7.